The number of methoxy groups -OCH3 is 1. The Bertz CT molecular complexity index is 870. The maximum absolute atomic E-state index is 12.0. The van der Waals surface area contributed by atoms with Crippen LogP contribution in [0, 0.1) is 10.1 Å². The molecule has 0 fully saturated rings. The summed E-state index contributed by atoms with van der Waals surface area (Å²) in [6.45, 7) is 0. The van der Waals surface area contributed by atoms with Crippen LogP contribution in [0.25, 0.3) is 0 Å². The molecule has 0 aliphatic rings. The number of carbonyl (C=O) groups is 1. The van der Waals surface area contributed by atoms with E-state index in [-0.39, 0.29) is 21.9 Å². The summed E-state index contributed by atoms with van der Waals surface area (Å²) in [5.41, 5.74) is 2.04. The summed E-state index contributed by atoms with van der Waals surface area (Å²) in [5, 5.41) is 24.9. The first-order chi connectivity index (χ1) is 11.8. The van der Waals surface area contributed by atoms with Crippen LogP contribution in [-0.2, 0) is 0 Å². The number of rotatable bonds is 5. The third kappa shape index (κ3) is 4.37. The molecule has 2 aromatic rings. The number of hydrazone groups is 1. The van der Waals surface area contributed by atoms with Crippen molar-refractivity contribution in [3.05, 3.63) is 61.6 Å². The van der Waals surface area contributed by atoms with Crippen molar-refractivity contribution in [2.75, 3.05) is 7.11 Å². The summed E-state index contributed by atoms with van der Waals surface area (Å²) < 4.78 is 4.87. The summed E-state index contributed by atoms with van der Waals surface area (Å²) in [4.78, 5) is 22.2. The van der Waals surface area contributed by atoms with E-state index >= 15 is 0 Å². The van der Waals surface area contributed by atoms with Crippen LogP contribution in [0.3, 0.4) is 0 Å². The summed E-state index contributed by atoms with van der Waals surface area (Å²) >= 11 is 11.7. The number of phenolic OH excluding ortho intramolecular Hbond substituents is 1. The number of aromatic hydroxyl groups is 1. The lowest BCUT2D eigenvalue weighted by atomic mass is 10.2. The number of nitro groups is 1. The summed E-state index contributed by atoms with van der Waals surface area (Å²) in [7, 11) is 1.25. The van der Waals surface area contributed by atoms with E-state index in [0.717, 1.165) is 12.3 Å². The third-order valence-electron chi connectivity index (χ3n) is 3.05. The fourth-order valence-electron chi connectivity index (χ4n) is 1.88. The minimum Gasteiger partial charge on any atom is -0.500 e. The number of nitrogens with one attached hydrogen (secondary N) is 1. The van der Waals surface area contributed by atoms with Gasteiger partial charge in [0.05, 0.1) is 28.8 Å². The molecule has 0 heterocycles. The van der Waals surface area contributed by atoms with Gasteiger partial charge in [0, 0.05) is 16.7 Å². The number of amides is 1. The highest BCUT2D eigenvalue weighted by Crippen LogP contribution is 2.36. The molecule has 2 rings (SSSR count). The molecule has 2 N–H and O–H groups in total. The minimum atomic E-state index is -0.764. The van der Waals surface area contributed by atoms with Crippen LogP contribution in [0.1, 0.15) is 15.9 Å². The highest BCUT2D eigenvalue weighted by molar-refractivity contribution is 6.35. The van der Waals surface area contributed by atoms with Crippen molar-refractivity contribution in [3.63, 3.8) is 0 Å². The van der Waals surface area contributed by atoms with Crippen molar-refractivity contribution in [1.82, 2.24) is 5.43 Å². The molecular formula is C15H11Cl2N3O5. The molecule has 0 aliphatic carbocycles. The topological polar surface area (TPSA) is 114 Å². The highest BCUT2D eigenvalue weighted by Gasteiger charge is 2.19. The lowest BCUT2D eigenvalue weighted by molar-refractivity contribution is -0.386. The van der Waals surface area contributed by atoms with Crippen LogP contribution in [0.2, 0.25) is 10.0 Å². The monoisotopic (exact) mass is 383 g/mol. The van der Waals surface area contributed by atoms with Crippen LogP contribution in [-0.4, -0.2) is 29.3 Å². The Morgan fingerprint density at radius 1 is 1.36 bits per heavy atom. The van der Waals surface area contributed by atoms with E-state index in [9.17, 15) is 20.0 Å². The van der Waals surface area contributed by atoms with Gasteiger partial charge in [-0.1, -0.05) is 23.2 Å². The van der Waals surface area contributed by atoms with Crippen molar-refractivity contribution < 1.29 is 19.6 Å². The molecule has 0 aliphatic heterocycles. The van der Waals surface area contributed by atoms with Crippen LogP contribution in [0.5, 0.6) is 11.5 Å². The average molecular weight is 384 g/mol. The fraction of sp³-hybridized carbons (Fsp3) is 0.0667. The second kappa shape index (κ2) is 7.82. The van der Waals surface area contributed by atoms with Gasteiger partial charge in [-0.15, -0.1) is 0 Å². The molecule has 0 atom stereocenters. The number of nitro benzene ring substituents is 1. The van der Waals surface area contributed by atoms with Crippen molar-refractivity contribution in [2.45, 2.75) is 0 Å². The molecule has 0 unspecified atom stereocenters. The van der Waals surface area contributed by atoms with E-state index in [1.807, 2.05) is 0 Å². The molecule has 0 saturated heterocycles. The first kappa shape index (κ1) is 18.5. The summed E-state index contributed by atoms with van der Waals surface area (Å²) in [6.07, 6.45) is 1.16. The predicted octanol–water partition coefficient (Wildman–Crippen LogP) is 3.38. The average Bonchev–Trinajstić information content (AvgIpc) is 2.57. The van der Waals surface area contributed by atoms with E-state index in [0.29, 0.717) is 5.02 Å². The minimum absolute atomic E-state index is 0.0973. The standard InChI is InChI=1S/C15H11Cl2N3O5/c1-25-13-5-8(4-12(14(13)21)20(23)24)7-18-19-15(22)10-6-9(16)2-3-11(10)17/h2-7,21H,1H3,(H,19,22)/b18-7+. The van der Waals surface area contributed by atoms with Crippen molar-refractivity contribution in [1.29, 1.82) is 0 Å². The number of phenols is 1. The summed E-state index contributed by atoms with van der Waals surface area (Å²) in [6, 6.07) is 6.79. The molecule has 130 valence electrons. The molecule has 1 amide bonds. The molecule has 0 saturated carbocycles. The van der Waals surface area contributed by atoms with Gasteiger partial charge in [0.25, 0.3) is 5.91 Å². The van der Waals surface area contributed by atoms with Crippen molar-refractivity contribution >= 4 is 41.0 Å². The van der Waals surface area contributed by atoms with E-state index < -0.39 is 22.3 Å². The molecule has 10 heteroatoms. The zero-order valence-corrected chi connectivity index (χ0v) is 14.2. The van der Waals surface area contributed by atoms with Gasteiger partial charge in [-0.25, -0.2) is 5.43 Å². The van der Waals surface area contributed by atoms with Crippen LogP contribution in [0.4, 0.5) is 5.69 Å². The lowest BCUT2D eigenvalue weighted by Gasteiger charge is -2.05. The van der Waals surface area contributed by atoms with Gasteiger partial charge in [-0.2, -0.15) is 5.10 Å². The van der Waals surface area contributed by atoms with E-state index in [1.165, 1.54) is 31.4 Å². The van der Waals surface area contributed by atoms with Gasteiger partial charge < -0.3 is 9.84 Å². The smallest absolute Gasteiger partial charge is 0.315 e. The fourth-order valence-corrected chi connectivity index (χ4v) is 2.26. The number of carbonyl (C=O) groups excluding carboxylic acids is 1. The number of nitrogens with zero attached hydrogens (tertiary/aromatic N) is 2. The quantitative estimate of drug-likeness (QED) is 0.466. The number of benzene rings is 2. The second-order valence-electron chi connectivity index (χ2n) is 4.67. The molecule has 0 aromatic heterocycles. The lowest BCUT2D eigenvalue weighted by Crippen LogP contribution is -2.18. The molecule has 0 bridgehead atoms. The first-order valence-corrected chi connectivity index (χ1v) is 7.43. The Morgan fingerprint density at radius 3 is 2.72 bits per heavy atom. The van der Waals surface area contributed by atoms with Gasteiger partial charge in [0.15, 0.2) is 5.75 Å². The molecule has 2 aromatic carbocycles. The number of hydrogen-bond donors (Lipinski definition) is 2. The Hall–Kier alpha value is -2.84. The molecule has 0 radical (unpaired) electrons. The van der Waals surface area contributed by atoms with Gasteiger partial charge in [-0.3, -0.25) is 14.9 Å². The Morgan fingerprint density at radius 2 is 2.08 bits per heavy atom. The second-order valence-corrected chi connectivity index (χ2v) is 5.51. The predicted molar refractivity (Wildman–Crippen MR) is 92.8 cm³/mol. The van der Waals surface area contributed by atoms with E-state index in [1.54, 1.807) is 0 Å². The van der Waals surface area contributed by atoms with Crippen LogP contribution in [0.15, 0.2) is 35.4 Å². The maximum Gasteiger partial charge on any atom is 0.315 e. The van der Waals surface area contributed by atoms with Crippen LogP contribution >= 0.6 is 23.2 Å². The van der Waals surface area contributed by atoms with Gasteiger partial charge in [-0.05, 0) is 24.3 Å². The zero-order chi connectivity index (χ0) is 18.6. The van der Waals surface area contributed by atoms with Crippen LogP contribution < -0.4 is 10.2 Å². The third-order valence-corrected chi connectivity index (χ3v) is 3.61. The maximum atomic E-state index is 12.0. The number of ether oxygens (including phenoxy) is 1. The molecular weight excluding hydrogens is 373 g/mol. The Kier molecular flexibility index (Phi) is 5.79. The molecule has 25 heavy (non-hydrogen) atoms. The van der Waals surface area contributed by atoms with Crippen molar-refractivity contribution in [3.8, 4) is 11.5 Å². The first-order valence-electron chi connectivity index (χ1n) is 6.67. The Labute approximate surface area is 151 Å². The van der Waals surface area contributed by atoms with E-state index in [2.05, 4.69) is 10.5 Å². The largest absolute Gasteiger partial charge is 0.500 e. The van der Waals surface area contributed by atoms with Gasteiger partial charge >= 0.3 is 5.69 Å². The Balaban J connectivity index is 2.22. The van der Waals surface area contributed by atoms with Gasteiger partial charge in [0.2, 0.25) is 5.75 Å². The van der Waals surface area contributed by atoms with Crippen molar-refractivity contribution in [2.24, 2.45) is 5.10 Å². The molecule has 8 nitrogen and oxygen atoms in total. The SMILES string of the molecule is COc1cc(/C=N/NC(=O)c2cc(Cl)ccc2Cl)cc([N+](=O)[O-])c1O. The normalized spacial score (nSPS) is 10.7. The summed E-state index contributed by atoms with van der Waals surface area (Å²) in [5.74, 6) is -1.30. The zero-order valence-electron chi connectivity index (χ0n) is 12.7. The number of hydrogen-bond acceptors (Lipinski definition) is 6. The van der Waals surface area contributed by atoms with Gasteiger partial charge in [0.1, 0.15) is 0 Å². The highest BCUT2D eigenvalue weighted by atomic mass is 35.5. The molecule has 0 spiro atoms. The van der Waals surface area contributed by atoms with E-state index in [4.69, 9.17) is 27.9 Å². The number of halogens is 2.